The summed E-state index contributed by atoms with van der Waals surface area (Å²) < 4.78 is 35.1. The van der Waals surface area contributed by atoms with Gasteiger partial charge in [-0.2, -0.15) is 0 Å². The number of anilines is 1. The highest BCUT2D eigenvalue weighted by molar-refractivity contribution is 7.89. The van der Waals surface area contributed by atoms with E-state index in [0.29, 0.717) is 11.3 Å². The molecule has 0 fully saturated rings. The van der Waals surface area contributed by atoms with Crippen LogP contribution in [0.15, 0.2) is 47.4 Å². The minimum absolute atomic E-state index is 0.0673. The number of hydrazine groups is 1. The molecule has 8 nitrogen and oxygen atoms in total. The normalized spacial score (nSPS) is 11.0. The number of carbonyl (C=O) groups excluding carboxylic acids is 1. The van der Waals surface area contributed by atoms with E-state index in [-0.39, 0.29) is 10.6 Å². The zero-order valence-corrected chi connectivity index (χ0v) is 17.2. The smallest absolute Gasteiger partial charge is 0.266 e. The summed E-state index contributed by atoms with van der Waals surface area (Å²) in [5.41, 5.74) is 3.55. The largest absolute Gasteiger partial charge is 0.493 e. The summed E-state index contributed by atoms with van der Waals surface area (Å²) in [6, 6.07) is 11.1. The minimum Gasteiger partial charge on any atom is -0.493 e. The van der Waals surface area contributed by atoms with Crippen molar-refractivity contribution >= 4 is 21.6 Å². The molecular weight excluding hydrogens is 382 g/mol. The molecule has 0 aliphatic rings. The van der Waals surface area contributed by atoms with Gasteiger partial charge in [-0.25, -0.2) is 8.42 Å². The Bertz CT molecular complexity index is 910. The van der Waals surface area contributed by atoms with E-state index >= 15 is 0 Å². The molecule has 0 heterocycles. The predicted octanol–water partition coefficient (Wildman–Crippen LogP) is 2.17. The van der Waals surface area contributed by atoms with Gasteiger partial charge in [-0.1, -0.05) is 0 Å². The highest BCUT2D eigenvalue weighted by Gasteiger charge is 2.18. The van der Waals surface area contributed by atoms with Crippen LogP contribution in [0.2, 0.25) is 0 Å². The lowest BCUT2D eigenvalue weighted by Gasteiger charge is -2.21. The Kier molecular flexibility index (Phi) is 7.24. The lowest BCUT2D eigenvalue weighted by atomic mass is 10.2. The summed E-state index contributed by atoms with van der Waals surface area (Å²) in [7, 11) is -1.11. The van der Waals surface area contributed by atoms with Gasteiger partial charge in [-0.3, -0.25) is 10.2 Å². The quantitative estimate of drug-likeness (QED) is 0.619. The molecule has 2 rings (SSSR count). The van der Waals surface area contributed by atoms with Crippen molar-refractivity contribution in [1.82, 2.24) is 10.3 Å². The number of ether oxygens (including phenoxy) is 2. The number of methoxy groups -OCH3 is 2. The molecule has 0 aliphatic carbocycles. The van der Waals surface area contributed by atoms with Crippen molar-refractivity contribution in [2.45, 2.75) is 18.7 Å². The summed E-state index contributed by atoms with van der Waals surface area (Å²) in [5.74, 6) is 0.109. The number of hydrogen-bond donors (Lipinski definition) is 2. The van der Waals surface area contributed by atoms with Crippen LogP contribution in [0.5, 0.6) is 11.5 Å². The first kappa shape index (κ1) is 21.5. The zero-order chi connectivity index (χ0) is 20.7. The van der Waals surface area contributed by atoms with Gasteiger partial charge < -0.3 is 14.4 Å². The molecule has 2 N–H and O–H groups in total. The van der Waals surface area contributed by atoms with Gasteiger partial charge in [0.05, 0.1) is 19.1 Å². The van der Waals surface area contributed by atoms with E-state index in [9.17, 15) is 13.2 Å². The Morgan fingerprint density at radius 3 is 2.11 bits per heavy atom. The van der Waals surface area contributed by atoms with Crippen LogP contribution in [-0.4, -0.2) is 41.6 Å². The summed E-state index contributed by atoms with van der Waals surface area (Å²) >= 11 is 0. The van der Waals surface area contributed by atoms with Gasteiger partial charge in [-0.15, -0.1) is 4.83 Å². The number of nitrogens with one attached hydrogen (secondary N) is 2. The van der Waals surface area contributed by atoms with Crippen LogP contribution in [0.25, 0.3) is 0 Å². The maximum atomic E-state index is 12.4. The van der Waals surface area contributed by atoms with E-state index in [0.717, 1.165) is 18.8 Å². The highest BCUT2D eigenvalue weighted by Crippen LogP contribution is 2.29. The number of carbonyl (C=O) groups is 1. The van der Waals surface area contributed by atoms with Crippen LogP contribution < -0.4 is 24.6 Å². The number of benzene rings is 2. The number of amides is 1. The summed E-state index contributed by atoms with van der Waals surface area (Å²) in [6.45, 7) is 5.81. The topological polar surface area (TPSA) is 97.0 Å². The van der Waals surface area contributed by atoms with Crippen molar-refractivity contribution in [3.05, 3.63) is 48.0 Å². The van der Waals surface area contributed by atoms with E-state index in [4.69, 9.17) is 9.47 Å². The van der Waals surface area contributed by atoms with Crippen molar-refractivity contribution in [3.8, 4) is 11.5 Å². The van der Waals surface area contributed by atoms with E-state index in [1.807, 2.05) is 26.0 Å². The minimum atomic E-state index is -3.98. The Labute approximate surface area is 165 Å². The fourth-order valence-corrected chi connectivity index (χ4v) is 3.50. The molecule has 0 saturated carbocycles. The highest BCUT2D eigenvalue weighted by atomic mass is 32.2. The van der Waals surface area contributed by atoms with E-state index in [1.54, 1.807) is 12.1 Å². The average molecular weight is 407 g/mol. The van der Waals surface area contributed by atoms with E-state index < -0.39 is 15.9 Å². The lowest BCUT2D eigenvalue weighted by Crippen LogP contribution is -2.41. The third-order valence-electron chi connectivity index (χ3n) is 4.22. The maximum Gasteiger partial charge on any atom is 0.266 e. The number of nitrogens with zero attached hydrogens (tertiary/aromatic N) is 1. The molecule has 0 saturated heterocycles. The summed E-state index contributed by atoms with van der Waals surface area (Å²) in [6.07, 6.45) is 0. The molecule has 0 atom stereocenters. The third kappa shape index (κ3) is 4.93. The van der Waals surface area contributed by atoms with Gasteiger partial charge in [0.1, 0.15) is 0 Å². The number of hydrogen-bond acceptors (Lipinski definition) is 6. The predicted molar refractivity (Wildman–Crippen MR) is 107 cm³/mol. The molecule has 152 valence electrons. The van der Waals surface area contributed by atoms with Gasteiger partial charge in [0.2, 0.25) is 0 Å². The van der Waals surface area contributed by atoms with Crippen LogP contribution in [0.3, 0.4) is 0 Å². The van der Waals surface area contributed by atoms with Gasteiger partial charge in [0.15, 0.2) is 11.5 Å². The molecule has 0 aliphatic heterocycles. The van der Waals surface area contributed by atoms with Crippen molar-refractivity contribution in [3.63, 3.8) is 0 Å². The Balaban J connectivity index is 2.09. The van der Waals surface area contributed by atoms with Crippen LogP contribution >= 0.6 is 0 Å². The molecular formula is C19H25N3O5S. The third-order valence-corrected chi connectivity index (χ3v) is 5.47. The van der Waals surface area contributed by atoms with Crippen LogP contribution in [0.1, 0.15) is 24.2 Å². The monoisotopic (exact) mass is 407 g/mol. The van der Waals surface area contributed by atoms with Gasteiger partial charge in [-0.05, 0) is 50.2 Å². The van der Waals surface area contributed by atoms with Crippen LogP contribution in [0.4, 0.5) is 5.69 Å². The van der Waals surface area contributed by atoms with Crippen LogP contribution in [0, 0.1) is 0 Å². The lowest BCUT2D eigenvalue weighted by molar-refractivity contribution is 0.0945. The van der Waals surface area contributed by atoms with Crippen molar-refractivity contribution in [1.29, 1.82) is 0 Å². The first-order valence-electron chi connectivity index (χ1n) is 8.75. The molecule has 0 unspecified atom stereocenters. The molecule has 0 radical (unpaired) electrons. The standard InChI is InChI=1S/C19H25N3O5S/c1-5-22(6-2)15-9-7-14(8-10-15)19(23)20-21-28(24,25)16-11-12-17(26-3)18(13-16)27-4/h7-13,21H,5-6H2,1-4H3,(H,20,23). The van der Waals surface area contributed by atoms with Crippen molar-refractivity contribution < 1.29 is 22.7 Å². The van der Waals surface area contributed by atoms with E-state index in [1.165, 1.54) is 32.4 Å². The molecule has 2 aromatic carbocycles. The van der Waals surface area contributed by atoms with Gasteiger partial charge in [0, 0.05) is 30.4 Å². The first-order chi connectivity index (χ1) is 13.4. The summed E-state index contributed by atoms with van der Waals surface area (Å²) in [5, 5.41) is 0. The second kappa shape index (κ2) is 9.43. The first-order valence-corrected chi connectivity index (χ1v) is 10.2. The summed E-state index contributed by atoms with van der Waals surface area (Å²) in [4.78, 5) is 16.4. The molecule has 0 bridgehead atoms. The SMILES string of the molecule is CCN(CC)c1ccc(C(=O)NNS(=O)(=O)c2ccc(OC)c(OC)c2)cc1. The second-order valence-electron chi connectivity index (χ2n) is 5.80. The Morgan fingerprint density at radius 1 is 0.964 bits per heavy atom. The van der Waals surface area contributed by atoms with Crippen LogP contribution in [-0.2, 0) is 10.0 Å². The molecule has 1 amide bonds. The van der Waals surface area contributed by atoms with E-state index in [2.05, 4.69) is 15.2 Å². The van der Waals surface area contributed by atoms with Gasteiger partial charge >= 0.3 is 0 Å². The molecule has 28 heavy (non-hydrogen) atoms. The fraction of sp³-hybridized carbons (Fsp3) is 0.316. The molecule has 2 aromatic rings. The maximum absolute atomic E-state index is 12.4. The Morgan fingerprint density at radius 2 is 1.57 bits per heavy atom. The molecule has 0 spiro atoms. The Hall–Kier alpha value is -2.78. The van der Waals surface area contributed by atoms with Crippen molar-refractivity contribution in [2.75, 3.05) is 32.2 Å². The second-order valence-corrected chi connectivity index (χ2v) is 7.48. The average Bonchev–Trinajstić information content (AvgIpc) is 2.72. The number of rotatable bonds is 9. The van der Waals surface area contributed by atoms with Crippen molar-refractivity contribution in [2.24, 2.45) is 0 Å². The zero-order valence-electron chi connectivity index (χ0n) is 16.4. The fourth-order valence-electron chi connectivity index (χ4n) is 2.64. The molecule has 9 heteroatoms. The van der Waals surface area contributed by atoms with Gasteiger partial charge in [0.25, 0.3) is 15.9 Å². The number of sulfonamides is 1. The molecule has 0 aromatic heterocycles.